The number of rotatable bonds is 6. The van der Waals surface area contributed by atoms with E-state index in [4.69, 9.17) is 4.74 Å². The van der Waals surface area contributed by atoms with Crippen LogP contribution in [0.5, 0.6) is 5.75 Å². The summed E-state index contributed by atoms with van der Waals surface area (Å²) in [5, 5.41) is 2.68. The summed E-state index contributed by atoms with van der Waals surface area (Å²) in [6, 6.07) is 14.0. The Bertz CT molecular complexity index is 1330. The second kappa shape index (κ2) is 8.82. The van der Waals surface area contributed by atoms with Gasteiger partial charge in [-0.05, 0) is 60.9 Å². The average Bonchev–Trinajstić information content (AvgIpc) is 3.25. The molecule has 0 spiro atoms. The van der Waals surface area contributed by atoms with E-state index in [-0.39, 0.29) is 16.2 Å². The molecule has 0 radical (unpaired) electrons. The van der Waals surface area contributed by atoms with Crippen LogP contribution in [0.4, 0.5) is 14.5 Å². The molecule has 33 heavy (non-hydrogen) atoms. The number of sulfonamides is 1. The molecular weight excluding hydrogens is 450 g/mol. The lowest BCUT2D eigenvalue weighted by Gasteiger charge is -2.21. The van der Waals surface area contributed by atoms with Crippen LogP contribution in [0.1, 0.15) is 34.5 Å². The Morgan fingerprint density at radius 2 is 1.82 bits per heavy atom. The summed E-state index contributed by atoms with van der Waals surface area (Å²) >= 11 is 0. The first-order valence-electron chi connectivity index (χ1n) is 10.3. The van der Waals surface area contributed by atoms with Gasteiger partial charge in [0.15, 0.2) is 11.6 Å². The number of methoxy groups -OCH3 is 1. The van der Waals surface area contributed by atoms with Crippen molar-refractivity contribution in [1.82, 2.24) is 5.32 Å². The molecule has 0 saturated heterocycles. The molecule has 4 rings (SSSR count). The van der Waals surface area contributed by atoms with E-state index in [0.717, 1.165) is 17.7 Å². The molecule has 1 unspecified atom stereocenters. The van der Waals surface area contributed by atoms with Crippen LogP contribution in [0.3, 0.4) is 0 Å². The summed E-state index contributed by atoms with van der Waals surface area (Å²) in [5.74, 6) is -2.43. The first kappa shape index (κ1) is 22.7. The number of nitrogens with one attached hydrogen (secondary N) is 1. The first-order valence-corrected chi connectivity index (χ1v) is 11.7. The van der Waals surface area contributed by atoms with Crippen LogP contribution in [0.25, 0.3) is 0 Å². The second-order valence-corrected chi connectivity index (χ2v) is 9.55. The van der Waals surface area contributed by atoms with Crippen LogP contribution in [-0.4, -0.2) is 28.0 Å². The molecule has 1 aliphatic heterocycles. The Labute approximate surface area is 190 Å². The highest BCUT2D eigenvalue weighted by Crippen LogP contribution is 2.34. The number of hydrogen-bond donors (Lipinski definition) is 1. The lowest BCUT2D eigenvalue weighted by Crippen LogP contribution is -2.30. The Hall–Kier alpha value is -3.46. The molecule has 6 nitrogen and oxygen atoms in total. The molecule has 172 valence electrons. The van der Waals surface area contributed by atoms with E-state index in [1.54, 1.807) is 19.1 Å². The molecule has 1 amide bonds. The smallest absolute Gasteiger partial charge is 0.264 e. The first-order chi connectivity index (χ1) is 15.7. The van der Waals surface area contributed by atoms with Gasteiger partial charge < -0.3 is 10.1 Å². The predicted molar refractivity (Wildman–Crippen MR) is 120 cm³/mol. The minimum Gasteiger partial charge on any atom is -0.496 e. The molecular formula is C24H22F2N2O4S. The van der Waals surface area contributed by atoms with Crippen LogP contribution in [0.2, 0.25) is 0 Å². The molecule has 0 fully saturated rings. The SMILES string of the molecule is COc1ccc(S(=O)(=O)N2CCc3ccccc32)cc1C(=O)NC(C)c1ccc(F)c(F)c1. The highest BCUT2D eigenvalue weighted by molar-refractivity contribution is 7.92. The zero-order valence-electron chi connectivity index (χ0n) is 18.0. The van der Waals surface area contributed by atoms with Gasteiger partial charge in [-0.15, -0.1) is 0 Å². The normalized spacial score (nSPS) is 14.0. The number of carbonyl (C=O) groups is 1. The van der Waals surface area contributed by atoms with E-state index in [9.17, 15) is 22.0 Å². The fourth-order valence-corrected chi connectivity index (χ4v) is 5.38. The van der Waals surface area contributed by atoms with Gasteiger partial charge in [-0.25, -0.2) is 17.2 Å². The molecule has 0 saturated carbocycles. The maximum absolute atomic E-state index is 13.6. The van der Waals surface area contributed by atoms with Crippen molar-refractivity contribution < 1.29 is 26.7 Å². The maximum Gasteiger partial charge on any atom is 0.264 e. The highest BCUT2D eigenvalue weighted by Gasteiger charge is 2.31. The molecule has 1 N–H and O–H groups in total. The van der Waals surface area contributed by atoms with Crippen molar-refractivity contribution in [2.75, 3.05) is 18.0 Å². The lowest BCUT2D eigenvalue weighted by molar-refractivity contribution is 0.0936. The quantitative estimate of drug-likeness (QED) is 0.583. The van der Waals surface area contributed by atoms with Crippen molar-refractivity contribution >= 4 is 21.6 Å². The number of halogens is 2. The number of para-hydroxylation sites is 1. The van der Waals surface area contributed by atoms with E-state index in [0.29, 0.717) is 24.2 Å². The zero-order chi connectivity index (χ0) is 23.8. The monoisotopic (exact) mass is 472 g/mol. The van der Waals surface area contributed by atoms with Crippen LogP contribution < -0.4 is 14.4 Å². The number of amides is 1. The summed E-state index contributed by atoms with van der Waals surface area (Å²) in [4.78, 5) is 12.9. The van der Waals surface area contributed by atoms with Gasteiger partial charge in [0.2, 0.25) is 0 Å². The Morgan fingerprint density at radius 3 is 2.55 bits per heavy atom. The Balaban J connectivity index is 1.64. The predicted octanol–water partition coefficient (Wildman–Crippen LogP) is 4.22. The van der Waals surface area contributed by atoms with Crippen LogP contribution >= 0.6 is 0 Å². The number of nitrogens with zero attached hydrogens (tertiary/aromatic N) is 1. The van der Waals surface area contributed by atoms with Crippen LogP contribution in [0, 0.1) is 11.6 Å². The Morgan fingerprint density at radius 1 is 1.06 bits per heavy atom. The highest BCUT2D eigenvalue weighted by atomic mass is 32.2. The molecule has 1 atom stereocenters. The van der Waals surface area contributed by atoms with Gasteiger partial charge in [0.05, 0.1) is 29.3 Å². The second-order valence-electron chi connectivity index (χ2n) is 7.69. The topological polar surface area (TPSA) is 75.7 Å². The van der Waals surface area contributed by atoms with E-state index in [1.165, 1.54) is 35.7 Å². The molecule has 0 aliphatic carbocycles. The summed E-state index contributed by atoms with van der Waals surface area (Å²) in [6.07, 6.45) is 0.602. The molecule has 3 aromatic carbocycles. The minimum absolute atomic E-state index is 0.0143. The summed E-state index contributed by atoms with van der Waals surface area (Å²) < 4.78 is 60.1. The van der Waals surface area contributed by atoms with E-state index in [1.807, 2.05) is 12.1 Å². The standard InChI is InChI=1S/C24H22F2N2O4S/c1-15(17-7-9-20(25)21(26)13-17)27-24(29)19-14-18(8-10-23(19)32-2)33(30,31)28-12-11-16-5-3-4-6-22(16)28/h3-10,13-15H,11-12H2,1-2H3,(H,27,29). The number of anilines is 1. The van der Waals surface area contributed by atoms with Crippen molar-refractivity contribution in [3.05, 3.63) is 89.0 Å². The van der Waals surface area contributed by atoms with Crippen molar-refractivity contribution in [3.8, 4) is 5.75 Å². The third-order valence-corrected chi connectivity index (χ3v) is 7.45. The fourth-order valence-electron chi connectivity index (χ4n) is 3.85. The van der Waals surface area contributed by atoms with Gasteiger partial charge in [0.25, 0.3) is 15.9 Å². The van der Waals surface area contributed by atoms with Gasteiger partial charge in [0.1, 0.15) is 5.75 Å². The third-order valence-electron chi connectivity index (χ3n) is 5.64. The van der Waals surface area contributed by atoms with Gasteiger partial charge >= 0.3 is 0 Å². The van der Waals surface area contributed by atoms with E-state index >= 15 is 0 Å². The third kappa shape index (κ3) is 4.28. The average molecular weight is 473 g/mol. The molecule has 1 aliphatic rings. The van der Waals surface area contributed by atoms with Crippen molar-refractivity contribution in [2.24, 2.45) is 0 Å². The number of carbonyl (C=O) groups excluding carboxylic acids is 1. The van der Waals surface area contributed by atoms with Crippen molar-refractivity contribution in [3.63, 3.8) is 0 Å². The Kier molecular flexibility index (Phi) is 6.07. The lowest BCUT2D eigenvalue weighted by atomic mass is 10.1. The summed E-state index contributed by atoms with van der Waals surface area (Å²) in [7, 11) is -2.55. The van der Waals surface area contributed by atoms with E-state index < -0.39 is 33.6 Å². The number of fused-ring (bicyclic) bond motifs is 1. The van der Waals surface area contributed by atoms with Crippen LogP contribution in [-0.2, 0) is 16.4 Å². The van der Waals surface area contributed by atoms with Gasteiger partial charge in [0, 0.05) is 6.54 Å². The van der Waals surface area contributed by atoms with Gasteiger partial charge in [-0.3, -0.25) is 9.10 Å². The number of ether oxygens (including phenoxy) is 1. The zero-order valence-corrected chi connectivity index (χ0v) is 18.8. The fraction of sp³-hybridized carbons (Fsp3) is 0.208. The molecule has 0 bridgehead atoms. The molecule has 0 aromatic heterocycles. The molecule has 3 aromatic rings. The molecule has 9 heteroatoms. The van der Waals surface area contributed by atoms with E-state index in [2.05, 4.69) is 5.32 Å². The molecule has 1 heterocycles. The van der Waals surface area contributed by atoms with Crippen LogP contribution in [0.15, 0.2) is 65.6 Å². The van der Waals surface area contributed by atoms with Gasteiger partial charge in [-0.2, -0.15) is 0 Å². The number of hydrogen-bond acceptors (Lipinski definition) is 4. The maximum atomic E-state index is 13.6. The number of benzene rings is 3. The minimum atomic E-state index is -3.92. The summed E-state index contributed by atoms with van der Waals surface area (Å²) in [6.45, 7) is 1.92. The largest absolute Gasteiger partial charge is 0.496 e. The van der Waals surface area contributed by atoms with Crippen molar-refractivity contribution in [1.29, 1.82) is 0 Å². The van der Waals surface area contributed by atoms with Gasteiger partial charge in [-0.1, -0.05) is 24.3 Å². The van der Waals surface area contributed by atoms with Crippen molar-refractivity contribution in [2.45, 2.75) is 24.3 Å². The summed E-state index contributed by atoms with van der Waals surface area (Å²) in [5.41, 5.74) is 1.93.